The van der Waals surface area contributed by atoms with E-state index in [-0.39, 0.29) is 6.54 Å². The lowest BCUT2D eigenvalue weighted by molar-refractivity contribution is -0.141. The molecular weight excluding hydrogens is 262 g/mol. The topological polar surface area (TPSA) is 63.3 Å². The molecule has 0 amide bonds. The van der Waals surface area contributed by atoms with Crippen LogP contribution in [0.25, 0.3) is 0 Å². The van der Waals surface area contributed by atoms with Crippen LogP contribution in [0.1, 0.15) is 31.7 Å². The van der Waals surface area contributed by atoms with Crippen LogP contribution in [0, 0.1) is 11.8 Å². The van der Waals surface area contributed by atoms with E-state index in [1.165, 1.54) is 5.56 Å². The summed E-state index contributed by atoms with van der Waals surface area (Å²) in [7, 11) is 0. The lowest BCUT2D eigenvalue weighted by Gasteiger charge is -2.16. The molecule has 106 valence electrons. The molecule has 0 bridgehead atoms. The minimum absolute atomic E-state index is 0.219. The van der Waals surface area contributed by atoms with E-state index in [4.69, 9.17) is 22.4 Å². The Balaban J connectivity index is 2.28. The summed E-state index contributed by atoms with van der Waals surface area (Å²) in [4.78, 5) is 10.9. The third kappa shape index (κ3) is 6.08. The van der Waals surface area contributed by atoms with Gasteiger partial charge in [-0.1, -0.05) is 37.1 Å². The molecule has 19 heavy (non-hydrogen) atoms. The van der Waals surface area contributed by atoms with Gasteiger partial charge in [0, 0.05) is 11.6 Å². The summed E-state index contributed by atoms with van der Waals surface area (Å²) in [5.41, 5.74) is 6.73. The van der Waals surface area contributed by atoms with Crippen molar-refractivity contribution < 1.29 is 9.90 Å². The number of carboxylic acid groups (broad SMARTS) is 1. The molecule has 0 fully saturated rings. The molecule has 0 aromatic heterocycles. The third-order valence-corrected chi connectivity index (χ3v) is 3.65. The summed E-state index contributed by atoms with van der Waals surface area (Å²) in [6, 6.07) is 7.87. The molecule has 0 saturated carbocycles. The Morgan fingerprint density at radius 2 is 2.00 bits per heavy atom. The summed E-state index contributed by atoms with van der Waals surface area (Å²) in [5.74, 6) is -0.811. The van der Waals surface area contributed by atoms with Crippen LogP contribution in [0.15, 0.2) is 24.3 Å². The van der Waals surface area contributed by atoms with Crippen LogP contribution < -0.4 is 5.73 Å². The predicted molar refractivity (Wildman–Crippen MR) is 78.4 cm³/mol. The van der Waals surface area contributed by atoms with Gasteiger partial charge in [0.25, 0.3) is 0 Å². The fraction of sp³-hybridized carbons (Fsp3) is 0.533. The van der Waals surface area contributed by atoms with Crippen molar-refractivity contribution in [3.05, 3.63) is 34.9 Å². The zero-order valence-electron chi connectivity index (χ0n) is 11.3. The van der Waals surface area contributed by atoms with Crippen molar-refractivity contribution in [1.82, 2.24) is 0 Å². The molecule has 4 heteroatoms. The van der Waals surface area contributed by atoms with Gasteiger partial charge in [0.05, 0.1) is 5.92 Å². The van der Waals surface area contributed by atoms with Gasteiger partial charge in [-0.25, -0.2) is 0 Å². The predicted octanol–water partition coefficient (Wildman–Crippen LogP) is 3.35. The number of rotatable bonds is 8. The largest absolute Gasteiger partial charge is 0.481 e. The first-order valence-electron chi connectivity index (χ1n) is 6.70. The first-order chi connectivity index (χ1) is 9.02. The van der Waals surface area contributed by atoms with Gasteiger partial charge in [0.1, 0.15) is 0 Å². The smallest absolute Gasteiger partial charge is 0.307 e. The minimum Gasteiger partial charge on any atom is -0.481 e. The van der Waals surface area contributed by atoms with Crippen LogP contribution in [0.4, 0.5) is 0 Å². The van der Waals surface area contributed by atoms with E-state index in [0.717, 1.165) is 24.3 Å². The number of benzene rings is 1. The molecule has 2 atom stereocenters. The SMILES string of the molecule is CC(CCCc1ccc(Cl)cc1)CC(CN)C(=O)O. The Hall–Kier alpha value is -1.06. The highest BCUT2D eigenvalue weighted by Gasteiger charge is 2.18. The van der Waals surface area contributed by atoms with Gasteiger partial charge < -0.3 is 10.8 Å². The number of halogens is 1. The number of nitrogens with two attached hydrogens (primary N) is 1. The van der Waals surface area contributed by atoms with Crippen molar-refractivity contribution in [3.63, 3.8) is 0 Å². The van der Waals surface area contributed by atoms with Crippen LogP contribution >= 0.6 is 11.6 Å². The summed E-state index contributed by atoms with van der Waals surface area (Å²) < 4.78 is 0. The molecule has 3 nitrogen and oxygen atoms in total. The van der Waals surface area contributed by atoms with Crippen LogP contribution in [0.2, 0.25) is 5.02 Å². The van der Waals surface area contributed by atoms with Gasteiger partial charge >= 0.3 is 5.97 Å². The fourth-order valence-corrected chi connectivity index (χ4v) is 2.33. The molecule has 0 heterocycles. The first-order valence-corrected chi connectivity index (χ1v) is 7.08. The Bertz CT molecular complexity index is 392. The molecule has 1 aromatic rings. The maximum Gasteiger partial charge on any atom is 0.307 e. The molecule has 0 spiro atoms. The van der Waals surface area contributed by atoms with Crippen molar-refractivity contribution in [3.8, 4) is 0 Å². The third-order valence-electron chi connectivity index (χ3n) is 3.40. The molecule has 0 aliphatic heterocycles. The highest BCUT2D eigenvalue weighted by atomic mass is 35.5. The average molecular weight is 284 g/mol. The Labute approximate surface area is 119 Å². The quantitative estimate of drug-likeness (QED) is 0.769. The Morgan fingerprint density at radius 1 is 1.37 bits per heavy atom. The molecule has 1 aromatic carbocycles. The van der Waals surface area contributed by atoms with E-state index in [2.05, 4.69) is 6.92 Å². The van der Waals surface area contributed by atoms with Gasteiger partial charge in [0.2, 0.25) is 0 Å². The van der Waals surface area contributed by atoms with E-state index in [1.807, 2.05) is 24.3 Å². The van der Waals surface area contributed by atoms with Crippen LogP contribution in [0.3, 0.4) is 0 Å². The minimum atomic E-state index is -0.785. The molecule has 3 N–H and O–H groups in total. The average Bonchev–Trinajstić information content (AvgIpc) is 2.38. The van der Waals surface area contributed by atoms with Gasteiger partial charge in [-0.15, -0.1) is 0 Å². The molecule has 0 aliphatic rings. The number of aliphatic carboxylic acids is 1. The number of carboxylic acids is 1. The standard InChI is InChI=1S/C15H22ClNO2/c1-11(9-13(10-17)15(18)19)3-2-4-12-5-7-14(16)8-6-12/h5-8,11,13H,2-4,9-10,17H2,1H3,(H,18,19). The van der Waals surface area contributed by atoms with Crippen molar-refractivity contribution in [2.45, 2.75) is 32.6 Å². The summed E-state index contributed by atoms with van der Waals surface area (Å²) in [6.45, 7) is 2.31. The highest BCUT2D eigenvalue weighted by molar-refractivity contribution is 6.30. The van der Waals surface area contributed by atoms with E-state index in [0.29, 0.717) is 12.3 Å². The molecule has 1 rings (SSSR count). The Kier molecular flexibility index (Phi) is 6.89. The number of carbonyl (C=O) groups is 1. The first kappa shape index (κ1) is 16.0. The van der Waals surface area contributed by atoms with E-state index < -0.39 is 11.9 Å². The van der Waals surface area contributed by atoms with Crippen molar-refractivity contribution >= 4 is 17.6 Å². The second-order valence-corrected chi connectivity index (χ2v) is 5.57. The Morgan fingerprint density at radius 3 is 2.53 bits per heavy atom. The molecule has 0 aliphatic carbocycles. The van der Waals surface area contributed by atoms with E-state index in [1.54, 1.807) is 0 Å². The van der Waals surface area contributed by atoms with E-state index in [9.17, 15) is 4.79 Å². The van der Waals surface area contributed by atoms with Gasteiger partial charge in [-0.2, -0.15) is 0 Å². The lowest BCUT2D eigenvalue weighted by Crippen LogP contribution is -2.25. The highest BCUT2D eigenvalue weighted by Crippen LogP contribution is 2.19. The van der Waals surface area contributed by atoms with E-state index >= 15 is 0 Å². The normalized spacial score (nSPS) is 14.1. The van der Waals surface area contributed by atoms with Gasteiger partial charge in [-0.05, 0) is 42.9 Å². The zero-order chi connectivity index (χ0) is 14.3. The van der Waals surface area contributed by atoms with Crippen molar-refractivity contribution in [2.24, 2.45) is 17.6 Å². The van der Waals surface area contributed by atoms with Gasteiger partial charge in [-0.3, -0.25) is 4.79 Å². The maximum absolute atomic E-state index is 10.9. The van der Waals surface area contributed by atoms with Crippen LogP contribution in [-0.4, -0.2) is 17.6 Å². The van der Waals surface area contributed by atoms with Crippen molar-refractivity contribution in [2.75, 3.05) is 6.54 Å². The fourth-order valence-electron chi connectivity index (χ4n) is 2.21. The second-order valence-electron chi connectivity index (χ2n) is 5.13. The van der Waals surface area contributed by atoms with Crippen LogP contribution in [-0.2, 0) is 11.2 Å². The molecule has 0 saturated heterocycles. The molecule has 0 radical (unpaired) electrons. The molecular formula is C15H22ClNO2. The molecule has 2 unspecified atom stereocenters. The summed E-state index contributed by atoms with van der Waals surface area (Å²) >= 11 is 5.83. The second kappa shape index (κ2) is 8.18. The monoisotopic (exact) mass is 283 g/mol. The number of aryl methyl sites for hydroxylation is 1. The lowest BCUT2D eigenvalue weighted by atomic mass is 9.91. The zero-order valence-corrected chi connectivity index (χ0v) is 12.1. The van der Waals surface area contributed by atoms with Crippen molar-refractivity contribution in [1.29, 1.82) is 0 Å². The van der Waals surface area contributed by atoms with Crippen LogP contribution in [0.5, 0.6) is 0 Å². The number of hydrogen-bond acceptors (Lipinski definition) is 2. The number of hydrogen-bond donors (Lipinski definition) is 2. The summed E-state index contributed by atoms with van der Waals surface area (Å²) in [5, 5.41) is 9.71. The summed E-state index contributed by atoms with van der Waals surface area (Å²) in [6.07, 6.45) is 3.74. The van der Waals surface area contributed by atoms with Gasteiger partial charge in [0.15, 0.2) is 0 Å². The maximum atomic E-state index is 10.9.